The monoisotopic (exact) mass is 300 g/mol. The van der Waals surface area contributed by atoms with E-state index in [1.807, 2.05) is 0 Å². The third kappa shape index (κ3) is 5.62. The number of hydrogen-bond acceptors (Lipinski definition) is 6. The van der Waals surface area contributed by atoms with Crippen LogP contribution in [0.4, 0.5) is 0 Å². The molecular weight excluding hydrogens is 280 g/mol. The minimum Gasteiger partial charge on any atom is -0.396 e. The first-order chi connectivity index (χ1) is 9.95. The van der Waals surface area contributed by atoms with Gasteiger partial charge in [-0.25, -0.2) is 0 Å². The SMILES string of the molecule is O=C(CCN1C(=O)C=CC1=O)NCCC(O)C(O)CCO. The lowest BCUT2D eigenvalue weighted by atomic mass is 10.1. The van der Waals surface area contributed by atoms with Crippen molar-refractivity contribution in [3.05, 3.63) is 12.2 Å². The molecule has 0 radical (unpaired) electrons. The maximum absolute atomic E-state index is 11.5. The summed E-state index contributed by atoms with van der Waals surface area (Å²) in [4.78, 5) is 35.0. The van der Waals surface area contributed by atoms with Gasteiger partial charge in [-0.1, -0.05) is 0 Å². The summed E-state index contributed by atoms with van der Waals surface area (Å²) in [5.74, 6) is -1.22. The van der Waals surface area contributed by atoms with Crippen LogP contribution in [-0.2, 0) is 14.4 Å². The van der Waals surface area contributed by atoms with Crippen LogP contribution in [0.2, 0.25) is 0 Å². The van der Waals surface area contributed by atoms with Crippen LogP contribution < -0.4 is 5.32 Å². The van der Waals surface area contributed by atoms with Gasteiger partial charge < -0.3 is 20.6 Å². The van der Waals surface area contributed by atoms with Gasteiger partial charge in [-0.2, -0.15) is 0 Å². The summed E-state index contributed by atoms with van der Waals surface area (Å²) in [5, 5.41) is 30.0. The topological polar surface area (TPSA) is 127 Å². The van der Waals surface area contributed by atoms with E-state index < -0.39 is 24.0 Å². The summed E-state index contributed by atoms with van der Waals surface area (Å²) < 4.78 is 0. The van der Waals surface area contributed by atoms with Crippen LogP contribution in [0.1, 0.15) is 19.3 Å². The highest BCUT2D eigenvalue weighted by molar-refractivity contribution is 6.13. The summed E-state index contributed by atoms with van der Waals surface area (Å²) in [7, 11) is 0. The molecule has 0 bridgehead atoms. The van der Waals surface area contributed by atoms with E-state index in [2.05, 4.69) is 5.32 Å². The normalized spacial score (nSPS) is 17.2. The number of hydrogen-bond donors (Lipinski definition) is 4. The van der Waals surface area contributed by atoms with E-state index >= 15 is 0 Å². The zero-order valence-corrected chi connectivity index (χ0v) is 11.6. The fourth-order valence-corrected chi connectivity index (χ4v) is 1.83. The van der Waals surface area contributed by atoms with E-state index in [0.29, 0.717) is 0 Å². The zero-order chi connectivity index (χ0) is 15.8. The standard InChI is InChI=1S/C13H20N2O6/c16-8-5-10(18)9(17)3-6-14-11(19)4-7-15-12(20)1-2-13(15)21/h1-2,9-10,16-18H,3-8H2,(H,14,19). The first-order valence-electron chi connectivity index (χ1n) is 6.73. The molecule has 0 fully saturated rings. The Labute approximate surface area is 122 Å². The molecule has 0 aromatic carbocycles. The summed E-state index contributed by atoms with van der Waals surface area (Å²) in [6.07, 6.45) is 0.450. The molecule has 0 aromatic rings. The zero-order valence-electron chi connectivity index (χ0n) is 11.6. The predicted molar refractivity (Wildman–Crippen MR) is 71.8 cm³/mol. The van der Waals surface area contributed by atoms with Crippen molar-refractivity contribution in [3.63, 3.8) is 0 Å². The van der Waals surface area contributed by atoms with Crippen molar-refractivity contribution in [2.75, 3.05) is 19.7 Å². The highest BCUT2D eigenvalue weighted by atomic mass is 16.3. The number of carbonyl (C=O) groups is 3. The third-order valence-corrected chi connectivity index (χ3v) is 3.09. The molecule has 0 saturated carbocycles. The van der Waals surface area contributed by atoms with Crippen LogP contribution >= 0.6 is 0 Å². The number of rotatable bonds is 9. The molecule has 4 N–H and O–H groups in total. The molecule has 1 aliphatic rings. The van der Waals surface area contributed by atoms with E-state index in [1.54, 1.807) is 0 Å². The second kappa shape index (κ2) is 8.50. The maximum atomic E-state index is 11.5. The Morgan fingerprint density at radius 1 is 1.14 bits per heavy atom. The number of amides is 3. The predicted octanol–water partition coefficient (Wildman–Crippen LogP) is -2.09. The Bertz CT molecular complexity index is 405. The molecule has 0 aliphatic carbocycles. The third-order valence-electron chi connectivity index (χ3n) is 3.09. The van der Waals surface area contributed by atoms with Crippen LogP contribution in [0.3, 0.4) is 0 Å². The minimum atomic E-state index is -1.03. The Balaban J connectivity index is 2.17. The number of aliphatic hydroxyl groups excluding tert-OH is 3. The van der Waals surface area contributed by atoms with Crippen molar-refractivity contribution in [2.24, 2.45) is 0 Å². The molecular formula is C13H20N2O6. The lowest BCUT2D eigenvalue weighted by molar-refractivity contribution is -0.137. The van der Waals surface area contributed by atoms with Gasteiger partial charge >= 0.3 is 0 Å². The van der Waals surface area contributed by atoms with Gasteiger partial charge in [0.05, 0.1) is 12.2 Å². The molecule has 118 valence electrons. The first-order valence-corrected chi connectivity index (χ1v) is 6.73. The van der Waals surface area contributed by atoms with E-state index in [1.165, 1.54) is 0 Å². The van der Waals surface area contributed by atoms with Gasteiger partial charge in [0, 0.05) is 38.3 Å². The van der Waals surface area contributed by atoms with Crippen LogP contribution in [-0.4, -0.2) is 69.8 Å². The van der Waals surface area contributed by atoms with Crippen LogP contribution in [0, 0.1) is 0 Å². The molecule has 0 saturated heterocycles. The number of carbonyl (C=O) groups excluding carboxylic acids is 3. The molecule has 8 heteroatoms. The minimum absolute atomic E-state index is 0.00614. The van der Waals surface area contributed by atoms with E-state index in [4.69, 9.17) is 5.11 Å². The molecule has 1 rings (SSSR count). The van der Waals surface area contributed by atoms with Crippen molar-refractivity contribution >= 4 is 17.7 Å². The highest BCUT2D eigenvalue weighted by Crippen LogP contribution is 2.04. The summed E-state index contributed by atoms with van der Waals surface area (Å²) in [6.45, 7) is -0.0642. The Morgan fingerprint density at radius 2 is 1.71 bits per heavy atom. The van der Waals surface area contributed by atoms with Crippen molar-refractivity contribution in [2.45, 2.75) is 31.5 Å². The number of nitrogens with one attached hydrogen (secondary N) is 1. The lowest BCUT2D eigenvalue weighted by Crippen LogP contribution is -2.36. The summed E-state index contributed by atoms with van der Waals surface area (Å²) in [6, 6.07) is 0. The van der Waals surface area contributed by atoms with Gasteiger partial charge in [0.25, 0.3) is 11.8 Å². The molecule has 1 heterocycles. The molecule has 1 aliphatic heterocycles. The molecule has 21 heavy (non-hydrogen) atoms. The number of imide groups is 1. The maximum Gasteiger partial charge on any atom is 0.253 e. The highest BCUT2D eigenvalue weighted by Gasteiger charge is 2.23. The Hall–Kier alpha value is -1.77. The molecule has 0 spiro atoms. The second-order valence-corrected chi connectivity index (χ2v) is 4.70. The fourth-order valence-electron chi connectivity index (χ4n) is 1.83. The first kappa shape index (κ1) is 17.3. The van der Waals surface area contributed by atoms with E-state index in [9.17, 15) is 24.6 Å². The van der Waals surface area contributed by atoms with Gasteiger partial charge in [0.2, 0.25) is 5.91 Å². The largest absolute Gasteiger partial charge is 0.396 e. The summed E-state index contributed by atoms with van der Waals surface area (Å²) in [5.41, 5.74) is 0. The van der Waals surface area contributed by atoms with Gasteiger partial charge in [-0.3, -0.25) is 19.3 Å². The summed E-state index contributed by atoms with van der Waals surface area (Å²) >= 11 is 0. The Kier molecular flexibility index (Phi) is 7.00. The van der Waals surface area contributed by atoms with Crippen LogP contribution in [0.5, 0.6) is 0 Å². The van der Waals surface area contributed by atoms with Gasteiger partial charge in [-0.15, -0.1) is 0 Å². The molecule has 0 aromatic heterocycles. The smallest absolute Gasteiger partial charge is 0.253 e. The molecule has 2 unspecified atom stereocenters. The van der Waals surface area contributed by atoms with Crippen molar-refractivity contribution < 1.29 is 29.7 Å². The van der Waals surface area contributed by atoms with Crippen LogP contribution in [0.25, 0.3) is 0 Å². The van der Waals surface area contributed by atoms with Crippen molar-refractivity contribution in [1.82, 2.24) is 10.2 Å². The quantitative estimate of drug-likeness (QED) is 0.362. The average Bonchev–Trinajstić information content (AvgIpc) is 2.76. The fraction of sp³-hybridized carbons (Fsp3) is 0.615. The molecule has 8 nitrogen and oxygen atoms in total. The van der Waals surface area contributed by atoms with Crippen molar-refractivity contribution in [3.8, 4) is 0 Å². The molecule has 3 amide bonds. The second-order valence-electron chi connectivity index (χ2n) is 4.70. The van der Waals surface area contributed by atoms with E-state index in [0.717, 1.165) is 17.1 Å². The van der Waals surface area contributed by atoms with Crippen molar-refractivity contribution in [1.29, 1.82) is 0 Å². The number of aliphatic hydroxyl groups is 3. The number of nitrogens with zero attached hydrogens (tertiary/aromatic N) is 1. The van der Waals surface area contributed by atoms with Gasteiger partial charge in [0.15, 0.2) is 0 Å². The van der Waals surface area contributed by atoms with Gasteiger partial charge in [0.1, 0.15) is 0 Å². The lowest BCUT2D eigenvalue weighted by Gasteiger charge is -2.17. The molecule has 2 atom stereocenters. The Morgan fingerprint density at radius 3 is 2.29 bits per heavy atom. The van der Waals surface area contributed by atoms with Gasteiger partial charge in [-0.05, 0) is 12.8 Å². The van der Waals surface area contributed by atoms with E-state index in [-0.39, 0.29) is 44.9 Å². The average molecular weight is 300 g/mol. The van der Waals surface area contributed by atoms with Crippen LogP contribution in [0.15, 0.2) is 12.2 Å².